The first-order valence-electron chi connectivity index (χ1n) is 20.5. The molecule has 6 aromatic rings. The smallest absolute Gasteiger partial charge is 0.333 e. The van der Waals surface area contributed by atoms with Gasteiger partial charge in [0.2, 0.25) is 5.88 Å². The molecule has 6 rings (SSSR count). The number of nitrogens with zero attached hydrogens (tertiary/aromatic N) is 6. The molecule has 0 atom stereocenters. The average Bonchev–Trinajstić information content (AvgIpc) is 3.98. The van der Waals surface area contributed by atoms with Crippen molar-refractivity contribution in [2.24, 2.45) is 0 Å². The third kappa shape index (κ3) is 12.2. The van der Waals surface area contributed by atoms with Crippen molar-refractivity contribution >= 4 is 43.5 Å². The predicted octanol–water partition coefficient (Wildman–Crippen LogP) is 9.60. The maximum atomic E-state index is 14.4. The van der Waals surface area contributed by atoms with E-state index in [0.29, 0.717) is 45.0 Å². The lowest BCUT2D eigenvalue weighted by Crippen LogP contribution is -2.35. The minimum absolute atomic E-state index is 0. The second kappa shape index (κ2) is 20.9. The number of sulfonamides is 2. The highest BCUT2D eigenvalue weighted by atomic mass is 32.2. The Morgan fingerprint density at radius 3 is 1.47 bits per heavy atom. The molecular formula is C44H60F2N10O8S2. The first-order valence-corrected chi connectivity index (χ1v) is 23.4. The highest BCUT2D eigenvalue weighted by Crippen LogP contribution is 2.38. The number of urea groups is 2. The van der Waals surface area contributed by atoms with E-state index in [1.807, 2.05) is 64.8 Å². The van der Waals surface area contributed by atoms with E-state index in [-0.39, 0.29) is 51.1 Å². The van der Waals surface area contributed by atoms with Crippen LogP contribution in [0.1, 0.15) is 96.1 Å². The van der Waals surface area contributed by atoms with Crippen LogP contribution in [0.15, 0.2) is 95.6 Å². The van der Waals surface area contributed by atoms with Gasteiger partial charge in [-0.2, -0.15) is 27.0 Å². The molecule has 4 heterocycles. The zero-order chi connectivity index (χ0) is 48.7. The van der Waals surface area contributed by atoms with Gasteiger partial charge in [-0.15, -0.1) is 0 Å². The Kier molecular flexibility index (Phi) is 15.9. The van der Waals surface area contributed by atoms with Crippen LogP contribution in [0.2, 0.25) is 0 Å². The van der Waals surface area contributed by atoms with Crippen molar-refractivity contribution in [3.05, 3.63) is 108 Å². The van der Waals surface area contributed by atoms with E-state index in [9.17, 15) is 35.2 Å². The van der Waals surface area contributed by atoms with E-state index in [1.165, 1.54) is 91.0 Å². The maximum Gasteiger partial charge on any atom is 0.333 e. The number of nitrogens with one attached hydrogen (secondary N) is 4. The Labute approximate surface area is 388 Å². The van der Waals surface area contributed by atoms with Gasteiger partial charge < -0.3 is 20.1 Å². The van der Waals surface area contributed by atoms with Gasteiger partial charge in [0.1, 0.15) is 17.4 Å². The summed E-state index contributed by atoms with van der Waals surface area (Å²) in [6.45, 7) is 14.7. The molecule has 0 radical (unpaired) electrons. The van der Waals surface area contributed by atoms with Crippen molar-refractivity contribution < 1.29 is 50.4 Å². The topological polar surface area (TPSA) is 230 Å². The molecule has 0 unspecified atom stereocenters. The Morgan fingerprint density at radius 2 is 1.09 bits per heavy atom. The van der Waals surface area contributed by atoms with Crippen LogP contribution in [0, 0.1) is 11.6 Å². The minimum atomic E-state index is -4.22. The molecule has 4 amide bonds. The number of aromatic nitrogens is 6. The quantitative estimate of drug-likeness (QED) is 0.0800. The minimum Gasteiger partial charge on any atom is -0.495 e. The number of ether oxygens (including phenoxy) is 2. The molecule has 0 aliphatic carbocycles. The highest BCUT2D eigenvalue weighted by Gasteiger charge is 2.26. The lowest BCUT2D eigenvalue weighted by molar-refractivity contribution is 0.255. The fourth-order valence-electron chi connectivity index (χ4n) is 6.37. The number of halogens is 2. The standard InChI is InChI=1S/2C22H26FN5O4S.4H2/c1-13(2)18-9-16(23)10-19(15-8-17(32-5)12-24-11-15)21(18)25-22(29)27-33(30,31)20-6-7-28(26-20)14(3)4;1-13(2)17-10-16(23)11-18(15-6-7-19(32-5)24-12-15)21(17)25-22(29)27-33(30,31)20-8-9-28(26-20)14(3)4;;;;/h2*6-14H,1-5H3,(H2,25,27,29);4*1H. The Morgan fingerprint density at radius 1 is 0.621 bits per heavy atom. The Balaban J connectivity index is 0.000000662. The first kappa shape index (κ1) is 50.1. The van der Waals surface area contributed by atoms with E-state index < -0.39 is 43.7 Å². The van der Waals surface area contributed by atoms with Gasteiger partial charge in [0.15, 0.2) is 10.1 Å². The first-order chi connectivity index (χ1) is 31.0. The van der Waals surface area contributed by atoms with Gasteiger partial charge >= 0.3 is 12.1 Å². The number of benzene rings is 2. The lowest BCUT2D eigenvalue weighted by Gasteiger charge is -2.19. The fourth-order valence-corrected chi connectivity index (χ4v) is 8.05. The number of rotatable bonds is 14. The van der Waals surface area contributed by atoms with Gasteiger partial charge in [-0.25, -0.2) is 32.8 Å². The van der Waals surface area contributed by atoms with Gasteiger partial charge in [-0.3, -0.25) is 14.3 Å². The molecule has 0 aliphatic rings. The summed E-state index contributed by atoms with van der Waals surface area (Å²) in [6, 6.07) is 10.6. The van der Waals surface area contributed by atoms with E-state index >= 15 is 0 Å². The molecule has 0 aliphatic heterocycles. The van der Waals surface area contributed by atoms with Crippen LogP contribution in [0.4, 0.5) is 29.7 Å². The van der Waals surface area contributed by atoms with Gasteiger partial charge in [0.25, 0.3) is 20.0 Å². The van der Waals surface area contributed by atoms with Gasteiger partial charge in [0.05, 0.1) is 31.8 Å². The number of amides is 4. The van der Waals surface area contributed by atoms with E-state index in [1.54, 1.807) is 18.2 Å². The van der Waals surface area contributed by atoms with Crippen LogP contribution in [0.3, 0.4) is 0 Å². The third-order valence-corrected chi connectivity index (χ3v) is 12.2. The molecule has 0 saturated carbocycles. The van der Waals surface area contributed by atoms with E-state index in [0.717, 1.165) is 0 Å². The van der Waals surface area contributed by atoms with Crippen molar-refractivity contribution in [2.75, 3.05) is 24.9 Å². The molecule has 22 heteroatoms. The van der Waals surface area contributed by atoms with Gasteiger partial charge in [0, 0.05) is 70.9 Å². The van der Waals surface area contributed by atoms with Crippen LogP contribution in [0.25, 0.3) is 22.3 Å². The monoisotopic (exact) mass is 958 g/mol. The Bertz CT molecular complexity index is 2940. The summed E-state index contributed by atoms with van der Waals surface area (Å²) >= 11 is 0. The summed E-state index contributed by atoms with van der Waals surface area (Å²) < 4.78 is 96.6. The predicted molar refractivity (Wildman–Crippen MR) is 253 cm³/mol. The zero-order valence-corrected chi connectivity index (χ0v) is 39.5. The number of pyridine rings is 2. The Hall–Kier alpha value is -6.94. The number of carbonyl (C=O) groups excluding carboxylic acids is 2. The molecule has 4 aromatic heterocycles. The molecule has 2 aromatic carbocycles. The van der Waals surface area contributed by atoms with Crippen LogP contribution >= 0.6 is 0 Å². The second-order valence-corrected chi connectivity index (χ2v) is 19.2. The zero-order valence-electron chi connectivity index (χ0n) is 37.9. The molecule has 0 saturated heterocycles. The number of methoxy groups -OCH3 is 2. The molecule has 360 valence electrons. The number of hydrogen-bond donors (Lipinski definition) is 4. The highest BCUT2D eigenvalue weighted by molar-refractivity contribution is 7.90. The van der Waals surface area contributed by atoms with E-state index in [2.05, 4.69) is 30.8 Å². The number of carbonyl (C=O) groups is 2. The summed E-state index contributed by atoms with van der Waals surface area (Å²) in [4.78, 5) is 33.7. The van der Waals surface area contributed by atoms with Crippen LogP contribution in [-0.2, 0) is 20.0 Å². The van der Waals surface area contributed by atoms with Gasteiger partial charge in [-0.05, 0) is 99.2 Å². The second-order valence-electron chi connectivity index (χ2n) is 15.9. The van der Waals surface area contributed by atoms with Crippen molar-refractivity contribution in [1.82, 2.24) is 39.0 Å². The van der Waals surface area contributed by atoms with Crippen molar-refractivity contribution in [3.63, 3.8) is 0 Å². The van der Waals surface area contributed by atoms with Crippen molar-refractivity contribution in [1.29, 1.82) is 0 Å². The fraction of sp³-hybridized carbons (Fsp3) is 0.318. The summed E-state index contributed by atoms with van der Waals surface area (Å²) in [5.41, 5.74) is 3.23. The summed E-state index contributed by atoms with van der Waals surface area (Å²) in [5.74, 6) is -0.525. The molecule has 0 bridgehead atoms. The largest absolute Gasteiger partial charge is 0.495 e. The lowest BCUT2D eigenvalue weighted by atomic mass is 9.94. The molecule has 0 spiro atoms. The molecule has 18 nitrogen and oxygen atoms in total. The average molecular weight is 959 g/mol. The number of hydrogen-bond acceptors (Lipinski definition) is 12. The SMILES string of the molecule is COc1ccc(-c2cc(F)cc(C(C)C)c2NC(=O)NS(=O)(=O)c2ccn(C(C)C)n2)cn1.COc1cncc(-c2cc(F)cc(C(C)C)c2NC(=O)NS(=O)(=O)c2ccn(C(C)C)n2)c1.[HH].[HH].[HH].[HH]. The molecule has 66 heavy (non-hydrogen) atoms. The summed E-state index contributed by atoms with van der Waals surface area (Å²) in [7, 11) is -5.49. The van der Waals surface area contributed by atoms with Crippen LogP contribution in [0.5, 0.6) is 11.6 Å². The molecular weight excluding hydrogens is 899 g/mol. The summed E-state index contributed by atoms with van der Waals surface area (Å²) in [6.07, 6.45) is 7.51. The van der Waals surface area contributed by atoms with Crippen LogP contribution in [-0.4, -0.2) is 72.6 Å². The number of anilines is 2. The van der Waals surface area contributed by atoms with Crippen LogP contribution < -0.4 is 29.6 Å². The van der Waals surface area contributed by atoms with Crippen molar-refractivity contribution in [3.8, 4) is 33.9 Å². The van der Waals surface area contributed by atoms with E-state index in [4.69, 9.17) is 9.47 Å². The molecule has 0 fully saturated rings. The molecule has 4 N–H and O–H groups in total. The van der Waals surface area contributed by atoms with Crippen molar-refractivity contribution in [2.45, 2.75) is 89.4 Å². The van der Waals surface area contributed by atoms with Gasteiger partial charge in [-0.1, -0.05) is 27.7 Å². The third-order valence-electron chi connectivity index (χ3n) is 9.74. The normalized spacial score (nSPS) is 11.6. The maximum absolute atomic E-state index is 14.4. The summed E-state index contributed by atoms with van der Waals surface area (Å²) in [5, 5.41) is 12.6.